The first kappa shape index (κ1) is 11.3. The minimum absolute atomic E-state index is 0.0334. The van der Waals surface area contributed by atoms with Gasteiger partial charge in [0.15, 0.2) is 0 Å². The third-order valence-corrected chi connectivity index (χ3v) is 2.99. The van der Waals surface area contributed by atoms with Gasteiger partial charge in [-0.15, -0.1) is 6.58 Å². The Balaban J connectivity index is 2.41. The van der Waals surface area contributed by atoms with Crippen LogP contribution in [0.2, 0.25) is 0 Å². The van der Waals surface area contributed by atoms with Crippen molar-refractivity contribution in [3.63, 3.8) is 0 Å². The molecule has 1 rings (SSSR count). The Morgan fingerprint density at radius 1 is 1.36 bits per heavy atom. The minimum atomic E-state index is 0.0334. The molecule has 1 N–H and O–H groups in total. The Bertz CT molecular complexity index is 197. The van der Waals surface area contributed by atoms with Crippen molar-refractivity contribution in [1.29, 1.82) is 5.26 Å². The first-order chi connectivity index (χ1) is 6.88. The maximum absolute atomic E-state index is 9.05. The quantitative estimate of drug-likeness (QED) is 0.549. The van der Waals surface area contributed by atoms with E-state index in [4.69, 9.17) is 5.26 Å². The lowest BCUT2D eigenvalue weighted by Gasteiger charge is -2.20. The van der Waals surface area contributed by atoms with Crippen molar-refractivity contribution in [3.8, 4) is 6.07 Å². The highest BCUT2D eigenvalue weighted by Crippen LogP contribution is 2.25. The highest BCUT2D eigenvalue weighted by molar-refractivity contribution is 4.96. The number of nitriles is 1. The second-order valence-electron chi connectivity index (χ2n) is 4.06. The summed E-state index contributed by atoms with van der Waals surface area (Å²) in [6.07, 6.45) is 9.51. The topological polar surface area (TPSA) is 35.8 Å². The van der Waals surface area contributed by atoms with E-state index in [1.165, 1.54) is 38.5 Å². The number of rotatable bonds is 4. The standard InChI is InChI=1S/C12H20N2/c1-2-9-14-12(10-13)11-7-5-3-4-6-8-11/h2,11-12,14H,1,3-9H2. The fraction of sp³-hybridized carbons (Fsp3) is 0.750. The maximum Gasteiger partial charge on any atom is 0.0983 e. The zero-order valence-corrected chi connectivity index (χ0v) is 8.84. The van der Waals surface area contributed by atoms with Crippen LogP contribution in [-0.2, 0) is 0 Å². The van der Waals surface area contributed by atoms with E-state index in [1.807, 2.05) is 6.08 Å². The van der Waals surface area contributed by atoms with Gasteiger partial charge in [0, 0.05) is 6.54 Å². The van der Waals surface area contributed by atoms with Crippen LogP contribution in [0.3, 0.4) is 0 Å². The predicted octanol–water partition coefficient (Wildman–Crippen LogP) is 2.62. The summed E-state index contributed by atoms with van der Waals surface area (Å²) < 4.78 is 0. The van der Waals surface area contributed by atoms with Crippen molar-refractivity contribution in [3.05, 3.63) is 12.7 Å². The molecule has 14 heavy (non-hydrogen) atoms. The molecule has 0 aromatic rings. The molecule has 1 fully saturated rings. The van der Waals surface area contributed by atoms with Gasteiger partial charge in [0.05, 0.1) is 12.1 Å². The van der Waals surface area contributed by atoms with Gasteiger partial charge in [-0.1, -0.05) is 31.8 Å². The van der Waals surface area contributed by atoms with Gasteiger partial charge in [0.25, 0.3) is 0 Å². The van der Waals surface area contributed by atoms with E-state index in [1.54, 1.807) is 0 Å². The zero-order valence-electron chi connectivity index (χ0n) is 8.84. The van der Waals surface area contributed by atoms with E-state index in [2.05, 4.69) is 18.0 Å². The van der Waals surface area contributed by atoms with Gasteiger partial charge in [0.1, 0.15) is 0 Å². The molecule has 0 aliphatic heterocycles. The SMILES string of the molecule is C=CCNC(C#N)C1CCCCCC1. The summed E-state index contributed by atoms with van der Waals surface area (Å²) in [5.74, 6) is 0.558. The molecular weight excluding hydrogens is 172 g/mol. The minimum Gasteiger partial charge on any atom is -0.298 e. The van der Waals surface area contributed by atoms with Crippen LogP contribution < -0.4 is 5.32 Å². The van der Waals surface area contributed by atoms with Gasteiger partial charge >= 0.3 is 0 Å². The average Bonchev–Trinajstić information content (AvgIpc) is 2.48. The molecular formula is C12H20N2. The molecule has 0 bridgehead atoms. The molecule has 78 valence electrons. The van der Waals surface area contributed by atoms with Crippen LogP contribution in [-0.4, -0.2) is 12.6 Å². The molecule has 2 nitrogen and oxygen atoms in total. The zero-order chi connectivity index (χ0) is 10.2. The van der Waals surface area contributed by atoms with E-state index >= 15 is 0 Å². The van der Waals surface area contributed by atoms with E-state index in [-0.39, 0.29) is 6.04 Å². The molecule has 0 saturated heterocycles. The molecule has 0 spiro atoms. The monoisotopic (exact) mass is 192 g/mol. The fourth-order valence-corrected chi connectivity index (χ4v) is 2.17. The van der Waals surface area contributed by atoms with E-state index < -0.39 is 0 Å². The van der Waals surface area contributed by atoms with E-state index in [0.717, 1.165) is 6.54 Å². The maximum atomic E-state index is 9.05. The molecule has 0 heterocycles. The van der Waals surface area contributed by atoms with Crippen molar-refractivity contribution in [1.82, 2.24) is 5.32 Å². The molecule has 1 unspecified atom stereocenters. The summed E-state index contributed by atoms with van der Waals surface area (Å²) in [5.41, 5.74) is 0. The fourth-order valence-electron chi connectivity index (χ4n) is 2.17. The summed E-state index contributed by atoms with van der Waals surface area (Å²) >= 11 is 0. The van der Waals surface area contributed by atoms with Crippen molar-refractivity contribution in [2.75, 3.05) is 6.54 Å². The summed E-state index contributed by atoms with van der Waals surface area (Å²) in [6.45, 7) is 4.40. The summed E-state index contributed by atoms with van der Waals surface area (Å²) in [6, 6.07) is 2.41. The largest absolute Gasteiger partial charge is 0.298 e. The van der Waals surface area contributed by atoms with Gasteiger partial charge in [-0.3, -0.25) is 5.32 Å². The van der Waals surface area contributed by atoms with Crippen LogP contribution in [0.1, 0.15) is 38.5 Å². The van der Waals surface area contributed by atoms with Crippen LogP contribution in [0.5, 0.6) is 0 Å². The molecule has 0 aromatic heterocycles. The van der Waals surface area contributed by atoms with Crippen LogP contribution >= 0.6 is 0 Å². The smallest absolute Gasteiger partial charge is 0.0983 e. The Hall–Kier alpha value is -0.810. The van der Waals surface area contributed by atoms with Gasteiger partial charge in [-0.2, -0.15) is 5.26 Å². The lowest BCUT2D eigenvalue weighted by Crippen LogP contribution is -2.34. The lowest BCUT2D eigenvalue weighted by atomic mass is 9.93. The summed E-state index contributed by atoms with van der Waals surface area (Å²) in [7, 11) is 0. The van der Waals surface area contributed by atoms with E-state index in [9.17, 15) is 0 Å². The van der Waals surface area contributed by atoms with E-state index in [0.29, 0.717) is 5.92 Å². The van der Waals surface area contributed by atoms with Crippen LogP contribution in [0.15, 0.2) is 12.7 Å². The number of hydrogen-bond donors (Lipinski definition) is 1. The Labute approximate surface area is 87.0 Å². The van der Waals surface area contributed by atoms with Crippen LogP contribution in [0.25, 0.3) is 0 Å². The Morgan fingerprint density at radius 2 is 2.00 bits per heavy atom. The summed E-state index contributed by atoms with van der Waals surface area (Å²) in [5, 5.41) is 12.3. The average molecular weight is 192 g/mol. The van der Waals surface area contributed by atoms with Crippen molar-refractivity contribution < 1.29 is 0 Å². The normalized spacial score (nSPS) is 20.8. The number of hydrogen-bond acceptors (Lipinski definition) is 2. The molecule has 0 amide bonds. The third kappa shape index (κ3) is 3.51. The van der Waals surface area contributed by atoms with Crippen LogP contribution in [0.4, 0.5) is 0 Å². The summed E-state index contributed by atoms with van der Waals surface area (Å²) in [4.78, 5) is 0. The highest BCUT2D eigenvalue weighted by Gasteiger charge is 2.21. The predicted molar refractivity (Wildman–Crippen MR) is 58.8 cm³/mol. The molecule has 1 aliphatic rings. The molecule has 0 radical (unpaired) electrons. The van der Waals surface area contributed by atoms with Crippen molar-refractivity contribution in [2.24, 2.45) is 5.92 Å². The first-order valence-corrected chi connectivity index (χ1v) is 5.62. The molecule has 1 aliphatic carbocycles. The Morgan fingerprint density at radius 3 is 2.50 bits per heavy atom. The molecule has 2 heteroatoms. The van der Waals surface area contributed by atoms with Gasteiger partial charge in [-0.25, -0.2) is 0 Å². The van der Waals surface area contributed by atoms with Crippen molar-refractivity contribution >= 4 is 0 Å². The van der Waals surface area contributed by atoms with Gasteiger partial charge in [-0.05, 0) is 18.8 Å². The Kier molecular flexibility index (Phi) is 5.32. The second-order valence-corrected chi connectivity index (χ2v) is 4.06. The molecule has 1 atom stereocenters. The number of nitrogens with one attached hydrogen (secondary N) is 1. The molecule has 1 saturated carbocycles. The number of nitrogens with zero attached hydrogens (tertiary/aromatic N) is 1. The van der Waals surface area contributed by atoms with Crippen LogP contribution in [0, 0.1) is 17.2 Å². The van der Waals surface area contributed by atoms with Gasteiger partial charge < -0.3 is 0 Å². The lowest BCUT2D eigenvalue weighted by molar-refractivity contribution is 0.379. The third-order valence-electron chi connectivity index (χ3n) is 2.99. The molecule has 0 aromatic carbocycles. The first-order valence-electron chi connectivity index (χ1n) is 5.62. The highest BCUT2D eigenvalue weighted by atomic mass is 14.9. The second kappa shape index (κ2) is 6.62. The van der Waals surface area contributed by atoms with Crippen molar-refractivity contribution in [2.45, 2.75) is 44.6 Å². The van der Waals surface area contributed by atoms with Gasteiger partial charge in [0.2, 0.25) is 0 Å².